The zero-order valence-electron chi connectivity index (χ0n) is 27.8. The van der Waals surface area contributed by atoms with Gasteiger partial charge in [0, 0.05) is 13.5 Å². The molecule has 0 spiro atoms. The number of Topliss-reactive ketones (excluding diaryl/α,β-unsaturated/α-hetero) is 1. The standard InChI is InChI=1S/C30H59NO12/c1-21(12-29(32)30(33)31-34)13-37-23(3)15-39-25(5)17-41-27(7)19-43-28(8)20-42-26(6)18-40-24(4)16-38-22(2)14-36-11-10-35-9/h21-28,34H,10-20H2,1-9H3,(H,31,33). The van der Waals surface area contributed by atoms with Crippen molar-refractivity contribution in [3.63, 3.8) is 0 Å². The molecule has 0 aromatic carbocycles. The van der Waals surface area contributed by atoms with E-state index in [1.807, 2.05) is 48.5 Å². The van der Waals surface area contributed by atoms with Crippen molar-refractivity contribution < 1.29 is 57.4 Å². The molecule has 0 fully saturated rings. The molecule has 0 aromatic rings. The first-order valence-corrected chi connectivity index (χ1v) is 15.2. The number of carbonyl (C=O) groups is 2. The van der Waals surface area contributed by atoms with Gasteiger partial charge in [-0.15, -0.1) is 0 Å². The fraction of sp³-hybridized carbons (Fsp3) is 0.933. The van der Waals surface area contributed by atoms with E-state index in [9.17, 15) is 9.59 Å². The minimum Gasteiger partial charge on any atom is -0.382 e. The number of rotatable bonds is 29. The average molecular weight is 626 g/mol. The number of nitrogens with one attached hydrogen (secondary N) is 1. The largest absolute Gasteiger partial charge is 0.382 e. The summed E-state index contributed by atoms with van der Waals surface area (Å²) in [6.07, 6.45) is -0.732. The van der Waals surface area contributed by atoms with E-state index in [-0.39, 0.29) is 55.1 Å². The second-order valence-electron chi connectivity index (χ2n) is 11.2. The van der Waals surface area contributed by atoms with Crippen LogP contribution in [-0.2, 0) is 52.2 Å². The van der Waals surface area contributed by atoms with Crippen LogP contribution >= 0.6 is 0 Å². The van der Waals surface area contributed by atoms with Crippen LogP contribution in [0.2, 0.25) is 0 Å². The molecule has 8 atom stereocenters. The van der Waals surface area contributed by atoms with E-state index in [4.69, 9.17) is 47.8 Å². The molecule has 1 amide bonds. The van der Waals surface area contributed by atoms with Crippen molar-refractivity contribution in [2.75, 3.05) is 73.2 Å². The van der Waals surface area contributed by atoms with Gasteiger partial charge in [0.25, 0.3) is 0 Å². The molecule has 13 heteroatoms. The van der Waals surface area contributed by atoms with Crippen LogP contribution < -0.4 is 5.48 Å². The molecule has 0 aromatic heterocycles. The highest BCUT2D eigenvalue weighted by Crippen LogP contribution is 2.08. The molecular weight excluding hydrogens is 566 g/mol. The first kappa shape index (κ1) is 41.7. The predicted molar refractivity (Wildman–Crippen MR) is 159 cm³/mol. The normalized spacial score (nSPS) is 17.4. The highest BCUT2D eigenvalue weighted by atomic mass is 16.6. The third kappa shape index (κ3) is 24.7. The van der Waals surface area contributed by atoms with Gasteiger partial charge in [0.2, 0.25) is 5.78 Å². The Bertz CT molecular complexity index is 700. The van der Waals surface area contributed by atoms with Gasteiger partial charge in [-0.05, 0) is 54.4 Å². The van der Waals surface area contributed by atoms with Crippen LogP contribution in [0.3, 0.4) is 0 Å². The number of amides is 1. The summed E-state index contributed by atoms with van der Waals surface area (Å²) in [5.74, 6) is -1.88. The maximum absolute atomic E-state index is 11.5. The molecule has 43 heavy (non-hydrogen) atoms. The Hall–Kier alpha value is -1.26. The molecule has 8 unspecified atom stereocenters. The molecule has 0 saturated carbocycles. The summed E-state index contributed by atoms with van der Waals surface area (Å²) >= 11 is 0. The lowest BCUT2D eigenvalue weighted by molar-refractivity contribution is -0.143. The number of ether oxygens (including phenoxy) is 9. The lowest BCUT2D eigenvalue weighted by Gasteiger charge is -2.23. The fourth-order valence-electron chi connectivity index (χ4n) is 3.39. The molecule has 13 nitrogen and oxygen atoms in total. The Balaban J connectivity index is 3.92. The van der Waals surface area contributed by atoms with Gasteiger partial charge in [0.15, 0.2) is 0 Å². The third-order valence-electron chi connectivity index (χ3n) is 6.03. The van der Waals surface area contributed by atoms with Crippen molar-refractivity contribution in [1.29, 1.82) is 0 Å². The molecule has 0 aliphatic rings. The number of hydrogen-bond acceptors (Lipinski definition) is 12. The van der Waals surface area contributed by atoms with Crippen molar-refractivity contribution in [2.24, 2.45) is 5.92 Å². The van der Waals surface area contributed by atoms with Crippen molar-refractivity contribution >= 4 is 11.7 Å². The van der Waals surface area contributed by atoms with Crippen molar-refractivity contribution in [3.05, 3.63) is 0 Å². The summed E-state index contributed by atoms with van der Waals surface area (Å²) in [5.41, 5.74) is 1.34. The van der Waals surface area contributed by atoms with Crippen LogP contribution in [0.4, 0.5) is 0 Å². The molecule has 0 aliphatic carbocycles. The Morgan fingerprint density at radius 1 is 0.535 bits per heavy atom. The van der Waals surface area contributed by atoms with Gasteiger partial charge in [0.1, 0.15) is 0 Å². The van der Waals surface area contributed by atoms with Gasteiger partial charge >= 0.3 is 5.91 Å². The van der Waals surface area contributed by atoms with Crippen LogP contribution in [0.1, 0.15) is 61.8 Å². The van der Waals surface area contributed by atoms with Gasteiger partial charge in [-0.1, -0.05) is 6.92 Å². The zero-order chi connectivity index (χ0) is 32.6. The number of hydroxylamine groups is 1. The van der Waals surface area contributed by atoms with Crippen LogP contribution in [0.15, 0.2) is 0 Å². The summed E-state index contributed by atoms with van der Waals surface area (Å²) in [5, 5.41) is 8.51. The number of hydrogen-bond donors (Lipinski definition) is 2. The summed E-state index contributed by atoms with van der Waals surface area (Å²) in [7, 11) is 1.64. The van der Waals surface area contributed by atoms with Crippen LogP contribution in [0.25, 0.3) is 0 Å². The topological polar surface area (TPSA) is 149 Å². The molecule has 0 radical (unpaired) electrons. The fourth-order valence-corrected chi connectivity index (χ4v) is 3.39. The maximum atomic E-state index is 11.5. The van der Waals surface area contributed by atoms with Gasteiger partial charge in [-0.3, -0.25) is 14.8 Å². The van der Waals surface area contributed by atoms with Gasteiger partial charge in [-0.2, -0.15) is 0 Å². The maximum Gasteiger partial charge on any atom is 0.310 e. The van der Waals surface area contributed by atoms with E-state index < -0.39 is 11.7 Å². The summed E-state index contributed by atoms with van der Waals surface area (Å²) < 4.78 is 51.1. The zero-order valence-corrected chi connectivity index (χ0v) is 27.8. The number of ketones is 1. The van der Waals surface area contributed by atoms with Crippen LogP contribution in [0, 0.1) is 5.92 Å². The highest BCUT2D eigenvalue weighted by molar-refractivity contribution is 6.35. The number of carbonyl (C=O) groups excluding carboxylic acids is 2. The van der Waals surface area contributed by atoms with Crippen molar-refractivity contribution in [1.82, 2.24) is 5.48 Å². The Labute approximate surface area is 258 Å². The lowest BCUT2D eigenvalue weighted by Crippen LogP contribution is -2.31. The second-order valence-corrected chi connectivity index (χ2v) is 11.2. The Morgan fingerprint density at radius 3 is 1.19 bits per heavy atom. The first-order chi connectivity index (χ1) is 20.4. The van der Waals surface area contributed by atoms with Gasteiger partial charge in [0.05, 0.1) is 109 Å². The Morgan fingerprint density at radius 2 is 0.860 bits per heavy atom. The van der Waals surface area contributed by atoms with Gasteiger partial charge in [-0.25, -0.2) is 5.48 Å². The monoisotopic (exact) mass is 625 g/mol. The molecule has 0 heterocycles. The van der Waals surface area contributed by atoms with Crippen LogP contribution in [-0.4, -0.2) is 133 Å². The highest BCUT2D eigenvalue weighted by Gasteiger charge is 2.18. The lowest BCUT2D eigenvalue weighted by atomic mass is 10.1. The smallest absolute Gasteiger partial charge is 0.310 e. The molecule has 0 rings (SSSR count). The van der Waals surface area contributed by atoms with Crippen molar-refractivity contribution in [2.45, 2.75) is 105 Å². The minimum atomic E-state index is -1.02. The Kier molecular flexibility index (Phi) is 25.2. The van der Waals surface area contributed by atoms with Crippen molar-refractivity contribution in [3.8, 4) is 0 Å². The molecule has 0 bridgehead atoms. The van der Waals surface area contributed by atoms with Crippen LogP contribution in [0.5, 0.6) is 0 Å². The van der Waals surface area contributed by atoms with E-state index in [1.165, 1.54) is 5.48 Å². The molecule has 256 valence electrons. The minimum absolute atomic E-state index is 0.00941. The summed E-state index contributed by atoms with van der Waals surface area (Å²) in [4.78, 5) is 22.6. The molecule has 2 N–H and O–H groups in total. The summed E-state index contributed by atoms with van der Waals surface area (Å²) in [6, 6.07) is 0. The molecule has 0 saturated heterocycles. The van der Waals surface area contributed by atoms with E-state index in [2.05, 4.69) is 0 Å². The first-order valence-electron chi connectivity index (χ1n) is 15.2. The number of methoxy groups -OCH3 is 1. The predicted octanol–water partition coefficient (Wildman–Crippen LogP) is 2.59. The molecule has 0 aliphatic heterocycles. The van der Waals surface area contributed by atoms with E-state index in [0.29, 0.717) is 66.1 Å². The SMILES string of the molecule is COCCOCC(C)OCC(C)OCC(C)OCC(C)OCC(C)OCC(C)OCC(C)OCC(C)CC(=O)C(=O)NO. The van der Waals surface area contributed by atoms with E-state index in [1.54, 1.807) is 14.0 Å². The van der Waals surface area contributed by atoms with E-state index >= 15 is 0 Å². The quantitative estimate of drug-likeness (QED) is 0.0545. The average Bonchev–Trinajstić information content (AvgIpc) is 2.98. The second kappa shape index (κ2) is 26.0. The third-order valence-corrected chi connectivity index (χ3v) is 6.03. The van der Waals surface area contributed by atoms with Gasteiger partial charge < -0.3 is 42.6 Å². The molecular formula is C30H59NO12. The van der Waals surface area contributed by atoms with E-state index in [0.717, 1.165) is 0 Å². The summed E-state index contributed by atoms with van der Waals surface area (Å²) in [6.45, 7) is 19.9.